The number of urea groups is 1. The highest BCUT2D eigenvalue weighted by Crippen LogP contribution is 2.09. The second kappa shape index (κ2) is 4.99. The van der Waals surface area contributed by atoms with Crippen molar-refractivity contribution in [2.45, 2.75) is 0 Å². The molecule has 0 aliphatic carbocycles. The van der Waals surface area contributed by atoms with Crippen molar-refractivity contribution < 1.29 is 9.59 Å². The molecule has 0 aromatic heterocycles. The molecule has 0 atom stereocenters. The van der Waals surface area contributed by atoms with Gasteiger partial charge in [-0.1, -0.05) is 18.2 Å². The van der Waals surface area contributed by atoms with Gasteiger partial charge >= 0.3 is 6.03 Å². The molecule has 1 aromatic rings. The van der Waals surface area contributed by atoms with Crippen molar-refractivity contribution in [1.82, 2.24) is 5.32 Å². The molecule has 3 N–H and O–H groups in total. The number of hydrogen-bond donors (Lipinski definition) is 2. The number of amides is 3. The zero-order valence-corrected chi connectivity index (χ0v) is 8.43. The molecule has 0 bridgehead atoms. The van der Waals surface area contributed by atoms with E-state index in [1.165, 1.54) is 0 Å². The van der Waals surface area contributed by atoms with Crippen molar-refractivity contribution in [3.63, 3.8) is 0 Å². The summed E-state index contributed by atoms with van der Waals surface area (Å²) in [5.41, 5.74) is 5.72. The highest BCUT2D eigenvalue weighted by atomic mass is 16.2. The zero-order chi connectivity index (χ0) is 11.3. The Labute approximate surface area is 87.9 Å². The van der Waals surface area contributed by atoms with Crippen LogP contribution in [0, 0.1) is 0 Å². The third-order valence-electron chi connectivity index (χ3n) is 1.84. The fourth-order valence-corrected chi connectivity index (χ4v) is 1.17. The minimum Gasteiger partial charge on any atom is -0.365 e. The van der Waals surface area contributed by atoms with Gasteiger partial charge in [-0.25, -0.2) is 4.79 Å². The van der Waals surface area contributed by atoms with Gasteiger partial charge in [0.2, 0.25) is 5.91 Å². The van der Waals surface area contributed by atoms with E-state index in [1.807, 2.05) is 35.6 Å². The summed E-state index contributed by atoms with van der Waals surface area (Å²) in [6.07, 6.45) is 0. The molecule has 0 saturated heterocycles. The predicted molar refractivity (Wildman–Crippen MR) is 57.4 cm³/mol. The second-order valence-corrected chi connectivity index (χ2v) is 3.10. The first-order chi connectivity index (χ1) is 7.09. The molecule has 0 aliphatic rings. The second-order valence-electron chi connectivity index (χ2n) is 3.10. The SMILES string of the molecule is CN(CC(=O)NC(N)=O)c1ccccc1. The van der Waals surface area contributed by atoms with Gasteiger partial charge in [0.1, 0.15) is 0 Å². The van der Waals surface area contributed by atoms with Crippen molar-refractivity contribution in [1.29, 1.82) is 0 Å². The fourth-order valence-electron chi connectivity index (χ4n) is 1.17. The van der Waals surface area contributed by atoms with Crippen molar-refractivity contribution >= 4 is 17.6 Å². The number of nitrogens with two attached hydrogens (primary N) is 1. The summed E-state index contributed by atoms with van der Waals surface area (Å²) in [5, 5.41) is 2.00. The van der Waals surface area contributed by atoms with Crippen LogP contribution in [0.5, 0.6) is 0 Å². The van der Waals surface area contributed by atoms with Crippen LogP contribution in [0.4, 0.5) is 10.5 Å². The van der Waals surface area contributed by atoms with Gasteiger partial charge in [-0.05, 0) is 12.1 Å². The van der Waals surface area contributed by atoms with Gasteiger partial charge in [0.05, 0.1) is 6.54 Å². The first-order valence-corrected chi connectivity index (χ1v) is 4.45. The first-order valence-electron chi connectivity index (χ1n) is 4.45. The maximum atomic E-state index is 11.2. The van der Waals surface area contributed by atoms with E-state index in [0.29, 0.717) is 0 Å². The molecular formula is C10H13N3O2. The highest BCUT2D eigenvalue weighted by Gasteiger charge is 2.08. The molecule has 0 fully saturated rings. The molecule has 1 aromatic carbocycles. The number of imide groups is 1. The summed E-state index contributed by atoms with van der Waals surface area (Å²) >= 11 is 0. The minimum atomic E-state index is -0.832. The van der Waals surface area contributed by atoms with Crippen molar-refractivity contribution in [2.24, 2.45) is 5.73 Å². The van der Waals surface area contributed by atoms with Gasteiger partial charge in [0, 0.05) is 12.7 Å². The predicted octanol–water partition coefficient (Wildman–Crippen LogP) is 0.318. The van der Waals surface area contributed by atoms with Crippen LogP contribution < -0.4 is 16.0 Å². The number of benzene rings is 1. The Morgan fingerprint density at radius 2 is 1.93 bits per heavy atom. The van der Waals surface area contributed by atoms with Crippen LogP contribution in [0.15, 0.2) is 30.3 Å². The summed E-state index contributed by atoms with van der Waals surface area (Å²) in [7, 11) is 1.76. The molecule has 1 rings (SSSR count). The van der Waals surface area contributed by atoms with E-state index >= 15 is 0 Å². The van der Waals surface area contributed by atoms with Gasteiger partial charge in [-0.2, -0.15) is 0 Å². The Bertz CT molecular complexity index is 351. The lowest BCUT2D eigenvalue weighted by Crippen LogP contribution is -2.41. The lowest BCUT2D eigenvalue weighted by Gasteiger charge is -2.17. The van der Waals surface area contributed by atoms with E-state index in [4.69, 9.17) is 5.73 Å². The molecule has 3 amide bonds. The normalized spacial score (nSPS) is 9.40. The monoisotopic (exact) mass is 207 g/mol. The Balaban J connectivity index is 2.53. The van der Waals surface area contributed by atoms with Crippen LogP contribution in [-0.2, 0) is 4.79 Å². The Morgan fingerprint density at radius 1 is 1.33 bits per heavy atom. The summed E-state index contributed by atoms with van der Waals surface area (Å²) < 4.78 is 0. The molecule has 0 unspecified atom stereocenters. The number of para-hydroxylation sites is 1. The molecule has 0 heterocycles. The topological polar surface area (TPSA) is 75.4 Å². The molecule has 0 radical (unpaired) electrons. The van der Waals surface area contributed by atoms with Crippen LogP contribution >= 0.6 is 0 Å². The average Bonchev–Trinajstić information content (AvgIpc) is 2.17. The number of carbonyl (C=O) groups is 2. The Hall–Kier alpha value is -2.04. The van der Waals surface area contributed by atoms with E-state index in [2.05, 4.69) is 0 Å². The van der Waals surface area contributed by atoms with Gasteiger partial charge in [0.25, 0.3) is 0 Å². The number of nitrogens with one attached hydrogen (secondary N) is 1. The molecule has 0 spiro atoms. The minimum absolute atomic E-state index is 0.0902. The molecule has 15 heavy (non-hydrogen) atoms. The van der Waals surface area contributed by atoms with Crippen LogP contribution in [-0.4, -0.2) is 25.5 Å². The van der Waals surface area contributed by atoms with E-state index < -0.39 is 11.9 Å². The third-order valence-corrected chi connectivity index (χ3v) is 1.84. The van der Waals surface area contributed by atoms with Crippen LogP contribution in [0.3, 0.4) is 0 Å². The standard InChI is InChI=1S/C10H13N3O2/c1-13(7-9(14)12-10(11)15)8-5-3-2-4-6-8/h2-6H,7H2,1H3,(H3,11,12,14,15). The molecular weight excluding hydrogens is 194 g/mol. The fraction of sp³-hybridized carbons (Fsp3) is 0.200. The van der Waals surface area contributed by atoms with E-state index in [0.717, 1.165) is 5.69 Å². The van der Waals surface area contributed by atoms with Crippen molar-refractivity contribution in [3.05, 3.63) is 30.3 Å². The van der Waals surface area contributed by atoms with Crippen molar-refractivity contribution in [3.8, 4) is 0 Å². The van der Waals surface area contributed by atoms with Gasteiger partial charge in [-0.3, -0.25) is 10.1 Å². The highest BCUT2D eigenvalue weighted by molar-refractivity contribution is 5.95. The van der Waals surface area contributed by atoms with Crippen LogP contribution in [0.25, 0.3) is 0 Å². The van der Waals surface area contributed by atoms with E-state index in [-0.39, 0.29) is 6.54 Å². The molecule has 0 aliphatic heterocycles. The number of rotatable bonds is 3. The van der Waals surface area contributed by atoms with Gasteiger partial charge in [-0.15, -0.1) is 0 Å². The number of primary amides is 1. The third kappa shape index (κ3) is 3.68. The van der Waals surface area contributed by atoms with Gasteiger partial charge in [0.15, 0.2) is 0 Å². The van der Waals surface area contributed by atoms with Crippen LogP contribution in [0.2, 0.25) is 0 Å². The number of hydrogen-bond acceptors (Lipinski definition) is 3. The quantitative estimate of drug-likeness (QED) is 0.749. The zero-order valence-electron chi connectivity index (χ0n) is 8.43. The van der Waals surface area contributed by atoms with Crippen molar-refractivity contribution in [2.75, 3.05) is 18.5 Å². The molecule has 5 heteroatoms. The summed E-state index contributed by atoms with van der Waals surface area (Å²) in [6, 6.07) is 8.55. The molecule has 0 saturated carbocycles. The number of nitrogens with zero attached hydrogens (tertiary/aromatic N) is 1. The Kier molecular flexibility index (Phi) is 3.68. The van der Waals surface area contributed by atoms with Gasteiger partial charge < -0.3 is 10.6 Å². The van der Waals surface area contributed by atoms with Crippen LogP contribution in [0.1, 0.15) is 0 Å². The molecule has 5 nitrogen and oxygen atoms in total. The molecule has 80 valence electrons. The lowest BCUT2D eigenvalue weighted by molar-refractivity contribution is -0.118. The average molecular weight is 207 g/mol. The number of likely N-dealkylation sites (N-methyl/N-ethyl adjacent to an activating group) is 1. The maximum Gasteiger partial charge on any atom is 0.318 e. The van der Waals surface area contributed by atoms with E-state index in [1.54, 1.807) is 11.9 Å². The Morgan fingerprint density at radius 3 is 2.47 bits per heavy atom. The number of anilines is 1. The summed E-state index contributed by atoms with van der Waals surface area (Å²) in [5.74, 6) is -0.422. The number of carbonyl (C=O) groups excluding carboxylic acids is 2. The van der Waals surface area contributed by atoms with E-state index in [9.17, 15) is 9.59 Å². The largest absolute Gasteiger partial charge is 0.365 e. The lowest BCUT2D eigenvalue weighted by atomic mass is 10.3. The first kappa shape index (κ1) is 11.0. The summed E-state index contributed by atoms with van der Waals surface area (Å²) in [6.45, 7) is 0.0902. The maximum absolute atomic E-state index is 11.2. The summed E-state index contributed by atoms with van der Waals surface area (Å²) in [4.78, 5) is 23.3. The smallest absolute Gasteiger partial charge is 0.318 e.